The van der Waals surface area contributed by atoms with Gasteiger partial charge in [-0.25, -0.2) is 0 Å². The zero-order chi connectivity index (χ0) is 10.8. The average Bonchev–Trinajstić information content (AvgIpc) is 3.13. The van der Waals surface area contributed by atoms with Gasteiger partial charge in [-0.05, 0) is 25.7 Å². The van der Waals surface area contributed by atoms with E-state index >= 15 is 0 Å². The lowest BCUT2D eigenvalue weighted by Crippen LogP contribution is -2.54. The first-order chi connectivity index (χ1) is 7.93. The van der Waals surface area contributed by atoms with E-state index in [0.717, 1.165) is 25.2 Å². The SMILES string of the molecule is C1CCC2C(C1)OCCN2CCNC1CC1. The van der Waals surface area contributed by atoms with Gasteiger partial charge in [0.05, 0.1) is 12.7 Å². The highest BCUT2D eigenvalue weighted by Crippen LogP contribution is 2.28. The number of hydrogen-bond acceptors (Lipinski definition) is 3. The Balaban J connectivity index is 1.47. The molecular formula is C13H24N2O. The van der Waals surface area contributed by atoms with Crippen LogP contribution in [0.3, 0.4) is 0 Å². The van der Waals surface area contributed by atoms with Gasteiger partial charge < -0.3 is 10.1 Å². The quantitative estimate of drug-likeness (QED) is 0.781. The summed E-state index contributed by atoms with van der Waals surface area (Å²) in [6, 6.07) is 1.58. The highest BCUT2D eigenvalue weighted by Gasteiger charge is 2.33. The summed E-state index contributed by atoms with van der Waals surface area (Å²) in [5.41, 5.74) is 0. The number of hydrogen-bond donors (Lipinski definition) is 1. The number of morpholine rings is 1. The molecule has 1 heterocycles. The third kappa shape index (κ3) is 2.58. The topological polar surface area (TPSA) is 24.5 Å². The average molecular weight is 224 g/mol. The van der Waals surface area contributed by atoms with Gasteiger partial charge in [-0.3, -0.25) is 4.90 Å². The molecular weight excluding hydrogens is 200 g/mol. The van der Waals surface area contributed by atoms with Crippen molar-refractivity contribution in [1.82, 2.24) is 10.2 Å². The summed E-state index contributed by atoms with van der Waals surface area (Å²) in [7, 11) is 0. The van der Waals surface area contributed by atoms with E-state index in [1.807, 2.05) is 0 Å². The molecule has 0 spiro atoms. The van der Waals surface area contributed by atoms with Crippen LogP contribution in [0.5, 0.6) is 0 Å². The van der Waals surface area contributed by atoms with Crippen molar-refractivity contribution < 1.29 is 4.74 Å². The molecule has 3 nitrogen and oxygen atoms in total. The van der Waals surface area contributed by atoms with E-state index in [2.05, 4.69) is 10.2 Å². The number of ether oxygens (including phenoxy) is 1. The van der Waals surface area contributed by atoms with Crippen molar-refractivity contribution in [3.8, 4) is 0 Å². The molecule has 2 atom stereocenters. The number of rotatable bonds is 4. The van der Waals surface area contributed by atoms with Crippen LogP contribution >= 0.6 is 0 Å². The maximum atomic E-state index is 5.89. The Bertz CT molecular complexity index is 228. The predicted octanol–water partition coefficient (Wildman–Crippen LogP) is 1.38. The lowest BCUT2D eigenvalue weighted by molar-refractivity contribution is -0.0873. The van der Waals surface area contributed by atoms with Crippen LogP contribution in [-0.2, 0) is 4.74 Å². The lowest BCUT2D eigenvalue weighted by atomic mass is 9.90. The molecule has 0 bridgehead atoms. The van der Waals surface area contributed by atoms with E-state index in [1.165, 1.54) is 51.6 Å². The van der Waals surface area contributed by atoms with Gasteiger partial charge in [0.25, 0.3) is 0 Å². The summed E-state index contributed by atoms with van der Waals surface area (Å²) in [5, 5.41) is 3.62. The Hall–Kier alpha value is -0.120. The molecule has 3 rings (SSSR count). The van der Waals surface area contributed by atoms with Crippen molar-refractivity contribution >= 4 is 0 Å². The van der Waals surface area contributed by atoms with E-state index < -0.39 is 0 Å². The Kier molecular flexibility index (Phi) is 3.46. The molecule has 0 aromatic rings. The third-order valence-electron chi connectivity index (χ3n) is 4.26. The summed E-state index contributed by atoms with van der Waals surface area (Å²) >= 11 is 0. The van der Waals surface area contributed by atoms with Gasteiger partial charge in [0.1, 0.15) is 0 Å². The molecule has 1 aliphatic heterocycles. The first kappa shape index (κ1) is 11.0. The minimum absolute atomic E-state index is 0.545. The first-order valence-electron chi connectivity index (χ1n) is 7.02. The molecule has 1 N–H and O–H groups in total. The van der Waals surface area contributed by atoms with Gasteiger partial charge in [-0.15, -0.1) is 0 Å². The largest absolute Gasteiger partial charge is 0.375 e. The maximum absolute atomic E-state index is 5.89. The monoisotopic (exact) mass is 224 g/mol. The Morgan fingerprint density at radius 1 is 1.12 bits per heavy atom. The third-order valence-corrected chi connectivity index (χ3v) is 4.26. The van der Waals surface area contributed by atoms with E-state index in [1.54, 1.807) is 0 Å². The molecule has 0 aromatic carbocycles. The Labute approximate surface area is 98.5 Å². The van der Waals surface area contributed by atoms with Crippen LogP contribution in [0.25, 0.3) is 0 Å². The fourth-order valence-corrected chi connectivity index (χ4v) is 3.15. The van der Waals surface area contributed by atoms with E-state index in [0.29, 0.717) is 6.10 Å². The number of nitrogens with one attached hydrogen (secondary N) is 1. The zero-order valence-corrected chi connectivity index (χ0v) is 10.2. The van der Waals surface area contributed by atoms with E-state index in [4.69, 9.17) is 4.74 Å². The molecule has 2 unspecified atom stereocenters. The van der Waals surface area contributed by atoms with Crippen LogP contribution in [0.15, 0.2) is 0 Å². The molecule has 2 aliphatic carbocycles. The normalized spacial score (nSPS) is 36.0. The predicted molar refractivity (Wildman–Crippen MR) is 64.6 cm³/mol. The number of fused-ring (bicyclic) bond motifs is 1. The van der Waals surface area contributed by atoms with Crippen molar-refractivity contribution in [2.24, 2.45) is 0 Å². The van der Waals surface area contributed by atoms with Crippen molar-refractivity contribution in [2.45, 2.75) is 56.7 Å². The summed E-state index contributed by atoms with van der Waals surface area (Å²) in [6.07, 6.45) is 8.76. The Morgan fingerprint density at radius 3 is 2.88 bits per heavy atom. The van der Waals surface area contributed by atoms with Gasteiger partial charge in [-0.2, -0.15) is 0 Å². The van der Waals surface area contributed by atoms with Crippen LogP contribution in [-0.4, -0.2) is 49.3 Å². The van der Waals surface area contributed by atoms with Crippen molar-refractivity contribution in [3.05, 3.63) is 0 Å². The molecule has 3 aliphatic rings. The second-order valence-corrected chi connectivity index (χ2v) is 5.53. The van der Waals surface area contributed by atoms with Crippen LogP contribution in [0, 0.1) is 0 Å². The second-order valence-electron chi connectivity index (χ2n) is 5.53. The first-order valence-corrected chi connectivity index (χ1v) is 7.02. The highest BCUT2D eigenvalue weighted by atomic mass is 16.5. The molecule has 1 saturated heterocycles. The molecule has 92 valence electrons. The Morgan fingerprint density at radius 2 is 2.00 bits per heavy atom. The van der Waals surface area contributed by atoms with Crippen LogP contribution < -0.4 is 5.32 Å². The van der Waals surface area contributed by atoms with Gasteiger partial charge in [0.2, 0.25) is 0 Å². The smallest absolute Gasteiger partial charge is 0.0730 e. The molecule has 0 amide bonds. The fraction of sp³-hybridized carbons (Fsp3) is 1.00. The fourth-order valence-electron chi connectivity index (χ4n) is 3.15. The van der Waals surface area contributed by atoms with Gasteiger partial charge in [0.15, 0.2) is 0 Å². The molecule has 0 radical (unpaired) electrons. The van der Waals surface area contributed by atoms with Gasteiger partial charge >= 0.3 is 0 Å². The van der Waals surface area contributed by atoms with Crippen molar-refractivity contribution in [2.75, 3.05) is 26.2 Å². The molecule has 0 aromatic heterocycles. The van der Waals surface area contributed by atoms with Crippen LogP contribution in [0.4, 0.5) is 0 Å². The minimum Gasteiger partial charge on any atom is -0.375 e. The molecule has 3 fully saturated rings. The number of nitrogens with zero attached hydrogens (tertiary/aromatic N) is 1. The minimum atomic E-state index is 0.545. The maximum Gasteiger partial charge on any atom is 0.0730 e. The van der Waals surface area contributed by atoms with Crippen LogP contribution in [0.1, 0.15) is 38.5 Å². The summed E-state index contributed by atoms with van der Waals surface area (Å²) in [4.78, 5) is 2.67. The summed E-state index contributed by atoms with van der Waals surface area (Å²) in [5.74, 6) is 0. The van der Waals surface area contributed by atoms with Crippen molar-refractivity contribution in [1.29, 1.82) is 0 Å². The van der Waals surface area contributed by atoms with Crippen LogP contribution in [0.2, 0.25) is 0 Å². The highest BCUT2D eigenvalue weighted by molar-refractivity contribution is 4.88. The summed E-state index contributed by atoms with van der Waals surface area (Å²) in [6.45, 7) is 4.49. The molecule has 3 heteroatoms. The second kappa shape index (κ2) is 5.03. The van der Waals surface area contributed by atoms with Crippen molar-refractivity contribution in [3.63, 3.8) is 0 Å². The van der Waals surface area contributed by atoms with Gasteiger partial charge in [0, 0.05) is 31.7 Å². The van der Waals surface area contributed by atoms with Gasteiger partial charge in [-0.1, -0.05) is 12.8 Å². The van der Waals surface area contributed by atoms with E-state index in [9.17, 15) is 0 Å². The lowest BCUT2D eigenvalue weighted by Gasteiger charge is -2.43. The molecule has 16 heavy (non-hydrogen) atoms. The standard InChI is InChI=1S/C13H24N2O/c1-2-4-13-12(3-1)15(9-10-16-13)8-7-14-11-5-6-11/h11-14H,1-10H2. The zero-order valence-electron chi connectivity index (χ0n) is 10.2. The van der Waals surface area contributed by atoms with E-state index in [-0.39, 0.29) is 0 Å². The molecule has 2 saturated carbocycles. The summed E-state index contributed by atoms with van der Waals surface area (Å²) < 4.78 is 5.89.